The molecule has 1 heterocycles. The SMILES string of the molecule is O=C(CN1C(=O)CCc2cc([N+](=O)[O-])ccc21)Nc1cc(Cl)cc(Cl)c1. The second-order valence-electron chi connectivity index (χ2n) is 5.76. The van der Waals surface area contributed by atoms with E-state index in [1.54, 1.807) is 12.1 Å². The number of rotatable bonds is 4. The lowest BCUT2D eigenvalue weighted by molar-refractivity contribution is -0.384. The molecule has 0 bridgehead atoms. The van der Waals surface area contributed by atoms with Gasteiger partial charge in [0.25, 0.3) is 5.69 Å². The van der Waals surface area contributed by atoms with E-state index in [0.717, 1.165) is 0 Å². The number of nitro benzene ring substituents is 1. The van der Waals surface area contributed by atoms with E-state index in [1.807, 2.05) is 0 Å². The number of aryl methyl sites for hydroxylation is 1. The predicted octanol–water partition coefficient (Wildman–Crippen LogP) is 3.82. The molecule has 0 saturated heterocycles. The number of carbonyl (C=O) groups is 2. The Hall–Kier alpha value is -2.64. The van der Waals surface area contributed by atoms with Gasteiger partial charge >= 0.3 is 0 Å². The molecule has 0 fully saturated rings. The molecule has 1 aliphatic heterocycles. The van der Waals surface area contributed by atoms with E-state index >= 15 is 0 Å². The molecular weight excluding hydrogens is 381 g/mol. The molecule has 0 spiro atoms. The van der Waals surface area contributed by atoms with Gasteiger partial charge in [0, 0.05) is 40.0 Å². The van der Waals surface area contributed by atoms with Gasteiger partial charge in [0.1, 0.15) is 6.54 Å². The van der Waals surface area contributed by atoms with Crippen molar-refractivity contribution in [2.24, 2.45) is 0 Å². The number of anilines is 2. The van der Waals surface area contributed by atoms with Gasteiger partial charge in [-0.2, -0.15) is 0 Å². The van der Waals surface area contributed by atoms with Crippen LogP contribution >= 0.6 is 23.2 Å². The Morgan fingerprint density at radius 2 is 1.85 bits per heavy atom. The molecular formula is C17H13Cl2N3O4. The third kappa shape index (κ3) is 3.95. The lowest BCUT2D eigenvalue weighted by Gasteiger charge is -2.28. The number of amides is 2. The fourth-order valence-electron chi connectivity index (χ4n) is 2.80. The summed E-state index contributed by atoms with van der Waals surface area (Å²) in [5.41, 5.74) is 1.54. The van der Waals surface area contributed by atoms with Crippen LogP contribution in [0.3, 0.4) is 0 Å². The Labute approximate surface area is 158 Å². The van der Waals surface area contributed by atoms with Gasteiger partial charge in [-0.25, -0.2) is 0 Å². The molecule has 134 valence electrons. The minimum Gasteiger partial charge on any atom is -0.324 e. The zero-order valence-corrected chi connectivity index (χ0v) is 14.9. The van der Waals surface area contributed by atoms with Crippen molar-refractivity contribution in [1.29, 1.82) is 0 Å². The van der Waals surface area contributed by atoms with Crippen molar-refractivity contribution in [3.8, 4) is 0 Å². The quantitative estimate of drug-likeness (QED) is 0.630. The van der Waals surface area contributed by atoms with E-state index in [4.69, 9.17) is 23.2 Å². The third-order valence-electron chi connectivity index (χ3n) is 3.92. The molecule has 2 amide bonds. The summed E-state index contributed by atoms with van der Waals surface area (Å²) >= 11 is 11.8. The molecule has 0 unspecified atom stereocenters. The summed E-state index contributed by atoms with van der Waals surface area (Å²) in [5, 5.41) is 14.3. The average molecular weight is 394 g/mol. The number of hydrogen-bond donors (Lipinski definition) is 1. The topological polar surface area (TPSA) is 92.5 Å². The maximum atomic E-state index is 12.3. The Bertz CT molecular complexity index is 897. The van der Waals surface area contributed by atoms with Gasteiger partial charge in [-0.3, -0.25) is 19.7 Å². The van der Waals surface area contributed by atoms with Crippen LogP contribution in [0.4, 0.5) is 17.1 Å². The van der Waals surface area contributed by atoms with Crippen molar-refractivity contribution >= 4 is 52.1 Å². The van der Waals surface area contributed by atoms with E-state index < -0.39 is 10.8 Å². The predicted molar refractivity (Wildman–Crippen MR) is 98.9 cm³/mol. The number of halogens is 2. The van der Waals surface area contributed by atoms with Crippen molar-refractivity contribution in [1.82, 2.24) is 0 Å². The number of benzene rings is 2. The van der Waals surface area contributed by atoms with Gasteiger partial charge in [0.2, 0.25) is 11.8 Å². The zero-order chi connectivity index (χ0) is 18.8. The Kier molecular flexibility index (Phi) is 5.11. The van der Waals surface area contributed by atoms with E-state index in [9.17, 15) is 19.7 Å². The molecule has 26 heavy (non-hydrogen) atoms. The average Bonchev–Trinajstić information content (AvgIpc) is 2.56. The molecule has 0 atom stereocenters. The van der Waals surface area contributed by atoms with Crippen LogP contribution in [0.5, 0.6) is 0 Å². The van der Waals surface area contributed by atoms with Crippen molar-refractivity contribution < 1.29 is 14.5 Å². The number of carbonyl (C=O) groups excluding carboxylic acids is 2. The minimum absolute atomic E-state index is 0.0453. The standard InChI is InChI=1S/C17H13Cl2N3O4/c18-11-6-12(19)8-13(7-11)20-16(23)9-21-15-3-2-14(22(25)26)5-10(15)1-4-17(21)24/h2-3,5-8H,1,4,9H2,(H,20,23). The summed E-state index contributed by atoms with van der Waals surface area (Å²) in [6.45, 7) is -0.215. The fraction of sp³-hybridized carbons (Fsp3) is 0.176. The Morgan fingerprint density at radius 3 is 2.50 bits per heavy atom. The summed E-state index contributed by atoms with van der Waals surface area (Å²) in [5.74, 6) is -0.645. The normalized spacial score (nSPS) is 13.3. The van der Waals surface area contributed by atoms with Crippen LogP contribution in [0.2, 0.25) is 10.0 Å². The highest BCUT2D eigenvalue weighted by atomic mass is 35.5. The number of fused-ring (bicyclic) bond motifs is 1. The maximum absolute atomic E-state index is 12.3. The van der Waals surface area contributed by atoms with Crippen molar-refractivity contribution in [3.63, 3.8) is 0 Å². The van der Waals surface area contributed by atoms with Gasteiger partial charge in [-0.1, -0.05) is 23.2 Å². The highest BCUT2D eigenvalue weighted by molar-refractivity contribution is 6.35. The van der Waals surface area contributed by atoms with E-state index in [2.05, 4.69) is 5.32 Å². The molecule has 3 rings (SSSR count). The Balaban J connectivity index is 1.80. The number of nitrogens with one attached hydrogen (secondary N) is 1. The van der Waals surface area contributed by atoms with Gasteiger partial charge in [-0.05, 0) is 36.2 Å². The summed E-state index contributed by atoms with van der Waals surface area (Å²) in [6.07, 6.45) is 0.586. The first-order valence-electron chi connectivity index (χ1n) is 7.67. The van der Waals surface area contributed by atoms with Gasteiger partial charge in [0.05, 0.1) is 4.92 Å². The molecule has 0 radical (unpaired) electrons. The van der Waals surface area contributed by atoms with Crippen molar-refractivity contribution in [2.75, 3.05) is 16.8 Å². The Morgan fingerprint density at radius 1 is 1.15 bits per heavy atom. The summed E-state index contributed by atoms with van der Waals surface area (Å²) in [7, 11) is 0. The second-order valence-corrected chi connectivity index (χ2v) is 6.63. The number of hydrogen-bond acceptors (Lipinski definition) is 4. The highest BCUT2D eigenvalue weighted by Crippen LogP contribution is 2.31. The van der Waals surface area contributed by atoms with Crippen LogP contribution in [0.15, 0.2) is 36.4 Å². The molecule has 0 aromatic heterocycles. The summed E-state index contributed by atoms with van der Waals surface area (Å²) in [6, 6.07) is 8.87. The maximum Gasteiger partial charge on any atom is 0.269 e. The third-order valence-corrected chi connectivity index (χ3v) is 4.36. The van der Waals surface area contributed by atoms with Gasteiger partial charge in [0.15, 0.2) is 0 Å². The zero-order valence-electron chi connectivity index (χ0n) is 13.4. The lowest BCUT2D eigenvalue weighted by Crippen LogP contribution is -2.40. The van der Waals surface area contributed by atoms with Crippen LogP contribution in [0.1, 0.15) is 12.0 Å². The second kappa shape index (κ2) is 7.31. The largest absolute Gasteiger partial charge is 0.324 e. The fourth-order valence-corrected chi connectivity index (χ4v) is 3.33. The van der Waals surface area contributed by atoms with E-state index in [1.165, 1.54) is 29.2 Å². The van der Waals surface area contributed by atoms with E-state index in [0.29, 0.717) is 33.4 Å². The molecule has 1 N–H and O–H groups in total. The van der Waals surface area contributed by atoms with Crippen LogP contribution in [0.25, 0.3) is 0 Å². The molecule has 9 heteroatoms. The molecule has 0 aliphatic carbocycles. The molecule has 0 saturated carbocycles. The summed E-state index contributed by atoms with van der Waals surface area (Å²) < 4.78 is 0. The molecule has 2 aromatic rings. The van der Waals surface area contributed by atoms with Crippen LogP contribution in [-0.4, -0.2) is 23.3 Å². The van der Waals surface area contributed by atoms with Gasteiger partial charge in [-0.15, -0.1) is 0 Å². The van der Waals surface area contributed by atoms with Crippen molar-refractivity contribution in [3.05, 3.63) is 62.1 Å². The molecule has 7 nitrogen and oxygen atoms in total. The van der Waals surface area contributed by atoms with Crippen LogP contribution < -0.4 is 10.2 Å². The number of nitro groups is 1. The monoisotopic (exact) mass is 393 g/mol. The minimum atomic E-state index is -0.489. The highest BCUT2D eigenvalue weighted by Gasteiger charge is 2.27. The van der Waals surface area contributed by atoms with Crippen LogP contribution in [0, 0.1) is 10.1 Å². The summed E-state index contributed by atoms with van der Waals surface area (Å²) in [4.78, 5) is 36.3. The number of nitrogens with zero attached hydrogens (tertiary/aromatic N) is 2. The lowest BCUT2D eigenvalue weighted by atomic mass is 10.0. The first-order valence-corrected chi connectivity index (χ1v) is 8.43. The number of non-ortho nitro benzene ring substituents is 1. The first-order chi connectivity index (χ1) is 12.3. The van der Waals surface area contributed by atoms with E-state index in [-0.39, 0.29) is 24.6 Å². The van der Waals surface area contributed by atoms with Crippen LogP contribution in [-0.2, 0) is 16.0 Å². The van der Waals surface area contributed by atoms with Crippen molar-refractivity contribution in [2.45, 2.75) is 12.8 Å². The van der Waals surface area contributed by atoms with Gasteiger partial charge < -0.3 is 10.2 Å². The first kappa shape index (κ1) is 18.2. The smallest absolute Gasteiger partial charge is 0.269 e. The molecule has 1 aliphatic rings. The molecule has 2 aromatic carbocycles.